The van der Waals surface area contributed by atoms with Gasteiger partial charge in [-0.2, -0.15) is 31.4 Å². The molecule has 1 aliphatic heterocycles. The van der Waals surface area contributed by atoms with Gasteiger partial charge >= 0.3 is 12.4 Å². The predicted molar refractivity (Wildman–Crippen MR) is 80.6 cm³/mol. The Morgan fingerprint density at radius 3 is 2.52 bits per heavy atom. The van der Waals surface area contributed by atoms with Gasteiger partial charge in [0.1, 0.15) is 5.01 Å². The highest BCUT2D eigenvalue weighted by Gasteiger charge is 2.41. The third-order valence-corrected chi connectivity index (χ3v) is 5.11. The van der Waals surface area contributed by atoms with E-state index >= 15 is 0 Å². The number of carbonyl (C=O) groups excluding carboxylic acids is 1. The SMILES string of the molecule is O=C1C[C@H](CCC(F)(F)F)CN1Cc1c(C(F)(F)F)nc2sc(CO)nn12. The minimum Gasteiger partial charge on any atom is -0.389 e. The van der Waals surface area contributed by atoms with Crippen molar-refractivity contribution < 1.29 is 36.2 Å². The second kappa shape index (κ2) is 6.93. The smallest absolute Gasteiger partial charge is 0.389 e. The Kier molecular flexibility index (Phi) is 5.10. The number of likely N-dealkylation sites (tertiary alicyclic amines) is 1. The van der Waals surface area contributed by atoms with E-state index in [9.17, 15) is 31.1 Å². The van der Waals surface area contributed by atoms with Crippen LogP contribution in [0.1, 0.15) is 35.7 Å². The molecule has 1 fully saturated rings. The van der Waals surface area contributed by atoms with Crippen LogP contribution in [0.15, 0.2) is 0 Å². The van der Waals surface area contributed by atoms with Crippen molar-refractivity contribution in [2.24, 2.45) is 5.92 Å². The lowest BCUT2D eigenvalue weighted by Gasteiger charge is -2.17. The predicted octanol–water partition coefficient (Wildman–Crippen LogP) is 2.99. The Balaban J connectivity index is 1.83. The molecule has 2 aromatic rings. The molecule has 6 nitrogen and oxygen atoms in total. The van der Waals surface area contributed by atoms with Gasteiger partial charge in [-0.15, -0.1) is 0 Å². The lowest BCUT2D eigenvalue weighted by Crippen LogP contribution is -2.27. The zero-order valence-corrected chi connectivity index (χ0v) is 14.5. The molecule has 0 unspecified atom stereocenters. The van der Waals surface area contributed by atoms with Crippen LogP contribution in [0.4, 0.5) is 26.3 Å². The van der Waals surface area contributed by atoms with Gasteiger partial charge in [0.25, 0.3) is 0 Å². The van der Waals surface area contributed by atoms with Crippen molar-refractivity contribution in [1.29, 1.82) is 0 Å². The van der Waals surface area contributed by atoms with Gasteiger partial charge in [0.2, 0.25) is 10.9 Å². The number of aliphatic hydroxyl groups is 1. The molecule has 27 heavy (non-hydrogen) atoms. The average molecular weight is 416 g/mol. The molecule has 1 N–H and O–H groups in total. The standard InChI is InChI=1S/C14H14F6N4O2S/c15-13(16,17)2-1-7-3-10(26)23(4-7)5-8-11(14(18,19)20)21-12-24(8)22-9(6-25)27-12/h7,25H,1-6H2/t7-/m0/s1. The number of carbonyl (C=O) groups is 1. The zero-order valence-electron chi connectivity index (χ0n) is 13.6. The van der Waals surface area contributed by atoms with Crippen molar-refractivity contribution >= 4 is 22.2 Å². The highest BCUT2D eigenvalue weighted by atomic mass is 32.1. The molecular weight excluding hydrogens is 402 g/mol. The molecule has 0 aliphatic carbocycles. The summed E-state index contributed by atoms with van der Waals surface area (Å²) in [6.07, 6.45) is -10.6. The number of imidazole rings is 1. The molecule has 1 saturated heterocycles. The summed E-state index contributed by atoms with van der Waals surface area (Å²) in [5.74, 6) is -1.08. The first-order valence-electron chi connectivity index (χ1n) is 7.88. The number of aliphatic hydroxyl groups excluding tert-OH is 1. The maximum Gasteiger partial charge on any atom is 0.435 e. The zero-order chi connectivity index (χ0) is 20.0. The Bertz CT molecular complexity index is 843. The summed E-state index contributed by atoms with van der Waals surface area (Å²) < 4.78 is 77.8. The molecule has 13 heteroatoms. The molecule has 2 aromatic heterocycles. The fourth-order valence-corrected chi connectivity index (χ4v) is 3.78. The molecule has 3 heterocycles. The van der Waals surface area contributed by atoms with Crippen LogP contribution in [0, 0.1) is 5.92 Å². The van der Waals surface area contributed by atoms with Gasteiger partial charge in [-0.25, -0.2) is 9.50 Å². The van der Waals surface area contributed by atoms with Gasteiger partial charge in [0.05, 0.1) is 18.8 Å². The first-order chi connectivity index (χ1) is 12.5. The van der Waals surface area contributed by atoms with Crippen LogP contribution >= 0.6 is 11.3 Å². The van der Waals surface area contributed by atoms with Crippen LogP contribution in [0.3, 0.4) is 0 Å². The van der Waals surface area contributed by atoms with E-state index in [0.29, 0.717) is 0 Å². The van der Waals surface area contributed by atoms with Crippen LogP contribution in [0.2, 0.25) is 0 Å². The van der Waals surface area contributed by atoms with Crippen molar-refractivity contribution in [3.8, 4) is 0 Å². The van der Waals surface area contributed by atoms with E-state index in [2.05, 4.69) is 10.1 Å². The van der Waals surface area contributed by atoms with E-state index in [4.69, 9.17) is 5.11 Å². The second-order valence-corrected chi connectivity index (χ2v) is 7.29. The Hall–Kier alpha value is -1.89. The number of hydrogen-bond donors (Lipinski definition) is 1. The third-order valence-electron chi connectivity index (χ3n) is 4.21. The Labute approximate surface area is 152 Å². The van der Waals surface area contributed by atoms with Gasteiger partial charge in [-0.05, 0) is 12.3 Å². The van der Waals surface area contributed by atoms with Crippen molar-refractivity contribution in [3.05, 3.63) is 16.4 Å². The summed E-state index contributed by atoms with van der Waals surface area (Å²) in [5.41, 5.74) is -1.57. The number of rotatable bonds is 5. The molecule has 150 valence electrons. The van der Waals surface area contributed by atoms with Crippen LogP contribution in [-0.2, 0) is 24.1 Å². The number of halogens is 6. The topological polar surface area (TPSA) is 70.7 Å². The summed E-state index contributed by atoms with van der Waals surface area (Å²) in [6, 6.07) is 0. The quantitative estimate of drug-likeness (QED) is 0.761. The summed E-state index contributed by atoms with van der Waals surface area (Å²) in [7, 11) is 0. The highest BCUT2D eigenvalue weighted by molar-refractivity contribution is 7.16. The van der Waals surface area contributed by atoms with Crippen LogP contribution < -0.4 is 0 Å². The summed E-state index contributed by atoms with van der Waals surface area (Å²) in [5, 5.41) is 13.1. The average Bonchev–Trinajstić information content (AvgIpc) is 3.18. The summed E-state index contributed by atoms with van der Waals surface area (Å²) >= 11 is 0.781. The van der Waals surface area contributed by atoms with E-state index in [1.54, 1.807) is 0 Å². The van der Waals surface area contributed by atoms with Gasteiger partial charge in [-0.3, -0.25) is 4.79 Å². The van der Waals surface area contributed by atoms with E-state index in [-0.39, 0.29) is 35.0 Å². The molecule has 0 radical (unpaired) electrons. The van der Waals surface area contributed by atoms with E-state index in [1.807, 2.05) is 0 Å². The number of nitrogens with zero attached hydrogens (tertiary/aromatic N) is 4. The van der Waals surface area contributed by atoms with Gasteiger partial charge < -0.3 is 10.0 Å². The lowest BCUT2D eigenvalue weighted by atomic mass is 10.0. The number of amides is 1. The fraction of sp³-hybridized carbons (Fsp3) is 0.643. The second-order valence-electron chi connectivity index (χ2n) is 6.25. The third kappa shape index (κ3) is 4.34. The maximum absolute atomic E-state index is 13.3. The Morgan fingerprint density at radius 2 is 1.93 bits per heavy atom. The minimum atomic E-state index is -4.78. The summed E-state index contributed by atoms with van der Waals surface area (Å²) in [4.78, 5) is 16.6. The molecule has 1 aliphatic rings. The first kappa shape index (κ1) is 19.9. The number of fused-ring (bicyclic) bond motifs is 1. The fourth-order valence-electron chi connectivity index (χ4n) is 3.01. The molecule has 0 saturated carbocycles. The molecule has 0 bridgehead atoms. The van der Waals surface area contributed by atoms with Crippen LogP contribution in [0.25, 0.3) is 4.96 Å². The minimum absolute atomic E-state index is 0.0591. The lowest BCUT2D eigenvalue weighted by molar-refractivity contribution is -0.142. The van der Waals surface area contributed by atoms with Crippen LogP contribution in [-0.4, -0.2) is 43.2 Å². The number of alkyl halides is 6. The monoisotopic (exact) mass is 416 g/mol. The van der Waals surface area contributed by atoms with Crippen molar-refractivity contribution in [3.63, 3.8) is 0 Å². The molecule has 0 spiro atoms. The van der Waals surface area contributed by atoms with Gasteiger partial charge in [0.15, 0.2) is 5.69 Å². The van der Waals surface area contributed by atoms with Crippen molar-refractivity contribution in [2.45, 2.75) is 44.8 Å². The molecule has 3 rings (SSSR count). The van der Waals surface area contributed by atoms with Gasteiger partial charge in [-0.1, -0.05) is 11.3 Å². The molecular formula is C14H14F6N4O2S. The largest absolute Gasteiger partial charge is 0.435 e. The van der Waals surface area contributed by atoms with Crippen molar-refractivity contribution in [2.75, 3.05) is 6.54 Å². The summed E-state index contributed by atoms with van der Waals surface area (Å²) in [6.45, 7) is -1.00. The van der Waals surface area contributed by atoms with Crippen molar-refractivity contribution in [1.82, 2.24) is 19.5 Å². The first-order valence-corrected chi connectivity index (χ1v) is 8.69. The molecule has 0 aromatic carbocycles. The maximum atomic E-state index is 13.3. The Morgan fingerprint density at radius 1 is 1.22 bits per heavy atom. The van der Waals surface area contributed by atoms with E-state index < -0.39 is 49.4 Å². The molecule has 1 amide bonds. The number of aromatic nitrogens is 3. The van der Waals surface area contributed by atoms with Crippen LogP contribution in [0.5, 0.6) is 0 Å². The van der Waals surface area contributed by atoms with E-state index in [0.717, 1.165) is 20.8 Å². The molecule has 1 atom stereocenters. The number of hydrogen-bond acceptors (Lipinski definition) is 5. The highest BCUT2D eigenvalue weighted by Crippen LogP contribution is 2.35. The van der Waals surface area contributed by atoms with E-state index in [1.165, 1.54) is 0 Å². The van der Waals surface area contributed by atoms with Gasteiger partial charge in [0, 0.05) is 19.4 Å². The normalized spacial score (nSPS) is 18.9.